The van der Waals surface area contributed by atoms with Crippen LogP contribution in [0.4, 0.5) is 42.0 Å². The minimum Gasteiger partial charge on any atom is -0.465 e. The number of urea groups is 1. The second kappa shape index (κ2) is 15.9. The second-order valence-corrected chi connectivity index (χ2v) is 9.39. The van der Waals surface area contributed by atoms with Crippen molar-refractivity contribution in [2.24, 2.45) is 11.7 Å². The van der Waals surface area contributed by atoms with Crippen molar-refractivity contribution in [3.8, 4) is 5.75 Å². The number of rotatable bonds is 13. The van der Waals surface area contributed by atoms with Crippen LogP contribution in [0.25, 0.3) is 0 Å². The van der Waals surface area contributed by atoms with Gasteiger partial charge in [0.1, 0.15) is 18.7 Å². The van der Waals surface area contributed by atoms with Gasteiger partial charge in [-0.15, -0.1) is 0 Å². The Kier molecular flexibility index (Phi) is 12.7. The Balaban J connectivity index is 2.04. The molecule has 0 spiro atoms. The molecule has 2 aromatic carbocycles. The standard InChI is InChI=1S/C26H28F5N5O8/c1-11(2)20(36-25(40)41)23(38)35-14(4-3-9-33-24(32)39)22(37)34-13-7-5-12(6-8-13)10-43-26(42)44-21-18(30)16(28)15(27)17(29)19(21)31/h5-8,11,14,20,36H,3-4,9-10H2,1-2H3,(H,34,37)(H,35,38)(H,40,41)(H3,32,33,39). The summed E-state index contributed by atoms with van der Waals surface area (Å²) in [5.41, 5.74) is 5.46. The molecule has 13 nitrogen and oxygen atoms in total. The number of carbonyl (C=O) groups is 5. The topological polar surface area (TPSA) is 198 Å². The van der Waals surface area contributed by atoms with Crippen molar-refractivity contribution in [2.45, 2.75) is 45.4 Å². The second-order valence-electron chi connectivity index (χ2n) is 9.39. The highest BCUT2D eigenvalue weighted by Crippen LogP contribution is 2.29. The van der Waals surface area contributed by atoms with E-state index in [2.05, 4.69) is 30.7 Å². The molecular formula is C26H28F5N5O8. The number of nitrogens with one attached hydrogen (secondary N) is 4. The van der Waals surface area contributed by atoms with Crippen molar-refractivity contribution in [2.75, 3.05) is 11.9 Å². The van der Waals surface area contributed by atoms with E-state index in [1.165, 1.54) is 24.3 Å². The van der Waals surface area contributed by atoms with E-state index in [1.807, 2.05) is 0 Å². The molecule has 0 saturated heterocycles. The third-order valence-corrected chi connectivity index (χ3v) is 5.76. The zero-order valence-electron chi connectivity index (χ0n) is 23.1. The first kappa shape index (κ1) is 35.0. The summed E-state index contributed by atoms with van der Waals surface area (Å²) in [6.07, 6.45) is -2.99. The molecule has 0 saturated carbocycles. The summed E-state index contributed by atoms with van der Waals surface area (Å²) in [4.78, 5) is 59.5. The van der Waals surface area contributed by atoms with E-state index in [4.69, 9.17) is 10.8 Å². The van der Waals surface area contributed by atoms with Gasteiger partial charge in [-0.2, -0.15) is 8.78 Å². The molecule has 0 aliphatic carbocycles. The van der Waals surface area contributed by atoms with Crippen LogP contribution in [0.5, 0.6) is 5.75 Å². The number of ether oxygens (including phenoxy) is 2. The predicted octanol–water partition coefficient (Wildman–Crippen LogP) is 3.26. The van der Waals surface area contributed by atoms with Crippen molar-refractivity contribution in [3.05, 3.63) is 58.9 Å². The highest BCUT2D eigenvalue weighted by Gasteiger charge is 2.30. The number of carboxylic acid groups (broad SMARTS) is 1. The maximum Gasteiger partial charge on any atom is 0.514 e. The number of halogens is 5. The largest absolute Gasteiger partial charge is 0.514 e. The minimum absolute atomic E-state index is 0.0207. The molecule has 2 atom stereocenters. The predicted molar refractivity (Wildman–Crippen MR) is 141 cm³/mol. The number of amides is 5. The minimum atomic E-state index is -2.43. The van der Waals surface area contributed by atoms with Crippen molar-refractivity contribution < 1.29 is 60.5 Å². The summed E-state index contributed by atoms with van der Waals surface area (Å²) in [6.45, 7) is 2.70. The van der Waals surface area contributed by atoms with E-state index in [9.17, 15) is 45.9 Å². The molecule has 5 amide bonds. The lowest BCUT2D eigenvalue weighted by Crippen LogP contribution is -2.54. The SMILES string of the molecule is CC(C)C(NC(=O)O)C(=O)NC(CCCNC(N)=O)C(=O)Nc1ccc(COC(=O)Oc2c(F)c(F)c(F)c(F)c2F)cc1. The van der Waals surface area contributed by atoms with Gasteiger partial charge in [-0.1, -0.05) is 26.0 Å². The number of hydrogen-bond donors (Lipinski definition) is 6. The van der Waals surface area contributed by atoms with Gasteiger partial charge in [-0.25, -0.2) is 27.6 Å². The molecule has 0 aliphatic rings. The van der Waals surface area contributed by atoms with Crippen LogP contribution in [0.15, 0.2) is 24.3 Å². The van der Waals surface area contributed by atoms with Crippen LogP contribution in [0.3, 0.4) is 0 Å². The molecule has 2 rings (SSSR count). The van der Waals surface area contributed by atoms with Gasteiger partial charge in [0, 0.05) is 12.2 Å². The zero-order valence-corrected chi connectivity index (χ0v) is 23.1. The van der Waals surface area contributed by atoms with Crippen molar-refractivity contribution in [1.82, 2.24) is 16.0 Å². The van der Waals surface area contributed by atoms with E-state index in [0.717, 1.165) is 0 Å². The van der Waals surface area contributed by atoms with Crippen LogP contribution >= 0.6 is 0 Å². The van der Waals surface area contributed by atoms with Gasteiger partial charge in [0.25, 0.3) is 0 Å². The van der Waals surface area contributed by atoms with Gasteiger partial charge in [0.2, 0.25) is 46.6 Å². The summed E-state index contributed by atoms with van der Waals surface area (Å²) in [5.74, 6) is -15.6. The molecule has 0 bridgehead atoms. The molecule has 2 unspecified atom stereocenters. The number of primary amides is 1. The molecule has 2 aromatic rings. The number of nitrogens with two attached hydrogens (primary N) is 1. The molecule has 0 fully saturated rings. The van der Waals surface area contributed by atoms with E-state index < -0.39 is 89.5 Å². The smallest absolute Gasteiger partial charge is 0.465 e. The Hall–Kier alpha value is -5.16. The highest BCUT2D eigenvalue weighted by molar-refractivity contribution is 5.98. The molecule has 0 aromatic heterocycles. The van der Waals surface area contributed by atoms with Crippen LogP contribution < -0.4 is 31.7 Å². The number of benzene rings is 2. The Labute approximate surface area is 246 Å². The summed E-state index contributed by atoms with van der Waals surface area (Å²) >= 11 is 0. The summed E-state index contributed by atoms with van der Waals surface area (Å²) in [5, 5.41) is 18.5. The maximum atomic E-state index is 13.7. The van der Waals surface area contributed by atoms with Crippen molar-refractivity contribution in [1.29, 1.82) is 0 Å². The lowest BCUT2D eigenvalue weighted by molar-refractivity contribution is -0.128. The van der Waals surface area contributed by atoms with Gasteiger partial charge < -0.3 is 41.6 Å². The zero-order chi connectivity index (χ0) is 33.1. The number of hydrogen-bond acceptors (Lipinski definition) is 7. The molecule has 0 aliphatic heterocycles. The van der Waals surface area contributed by atoms with Gasteiger partial charge in [-0.3, -0.25) is 9.59 Å². The van der Waals surface area contributed by atoms with Gasteiger partial charge in [0.05, 0.1) is 0 Å². The van der Waals surface area contributed by atoms with Crippen LogP contribution in [-0.2, 0) is 20.9 Å². The van der Waals surface area contributed by atoms with Crippen LogP contribution in [-0.4, -0.2) is 53.8 Å². The van der Waals surface area contributed by atoms with E-state index in [1.54, 1.807) is 13.8 Å². The molecular weight excluding hydrogens is 605 g/mol. The van der Waals surface area contributed by atoms with E-state index in [-0.39, 0.29) is 30.6 Å². The van der Waals surface area contributed by atoms with Gasteiger partial charge in [-0.05, 0) is 36.5 Å². The highest BCUT2D eigenvalue weighted by atomic mass is 19.2. The third-order valence-electron chi connectivity index (χ3n) is 5.76. The van der Waals surface area contributed by atoms with Gasteiger partial charge >= 0.3 is 18.3 Å². The lowest BCUT2D eigenvalue weighted by atomic mass is 10.0. The Morgan fingerprint density at radius 1 is 0.864 bits per heavy atom. The first-order valence-electron chi connectivity index (χ1n) is 12.7. The Morgan fingerprint density at radius 3 is 1.95 bits per heavy atom. The van der Waals surface area contributed by atoms with E-state index in [0.29, 0.717) is 0 Å². The maximum absolute atomic E-state index is 13.7. The third kappa shape index (κ3) is 9.99. The molecule has 44 heavy (non-hydrogen) atoms. The lowest BCUT2D eigenvalue weighted by Gasteiger charge is -2.24. The molecule has 18 heteroatoms. The fourth-order valence-electron chi connectivity index (χ4n) is 3.56. The quantitative estimate of drug-likeness (QED) is 0.0482. The summed E-state index contributed by atoms with van der Waals surface area (Å²) in [6, 6.07) is 2.25. The average Bonchev–Trinajstić information content (AvgIpc) is 2.96. The van der Waals surface area contributed by atoms with Crippen LogP contribution in [0.2, 0.25) is 0 Å². The van der Waals surface area contributed by atoms with Crippen LogP contribution in [0.1, 0.15) is 32.3 Å². The first-order valence-corrected chi connectivity index (χ1v) is 12.7. The Morgan fingerprint density at radius 2 is 1.43 bits per heavy atom. The molecule has 0 radical (unpaired) electrons. The first-order chi connectivity index (χ1) is 20.6. The van der Waals surface area contributed by atoms with Crippen LogP contribution in [0, 0.1) is 35.0 Å². The fraction of sp³-hybridized carbons (Fsp3) is 0.346. The molecule has 240 valence electrons. The average molecular weight is 634 g/mol. The van der Waals surface area contributed by atoms with Crippen molar-refractivity contribution in [3.63, 3.8) is 0 Å². The summed E-state index contributed by atoms with van der Waals surface area (Å²) < 4.78 is 75.8. The van der Waals surface area contributed by atoms with Crippen molar-refractivity contribution >= 4 is 35.8 Å². The monoisotopic (exact) mass is 633 g/mol. The van der Waals surface area contributed by atoms with Gasteiger partial charge in [0.15, 0.2) is 0 Å². The molecule has 0 heterocycles. The number of anilines is 1. The van der Waals surface area contributed by atoms with E-state index >= 15 is 0 Å². The Bertz CT molecular complexity index is 1360. The normalized spacial score (nSPS) is 12.1. The fourth-order valence-corrected chi connectivity index (χ4v) is 3.56. The molecule has 7 N–H and O–H groups in total. The number of carbonyl (C=O) groups excluding carboxylic acids is 4. The summed E-state index contributed by atoms with van der Waals surface area (Å²) in [7, 11) is 0.